The van der Waals surface area contributed by atoms with Gasteiger partial charge in [0.2, 0.25) is 0 Å². The third-order valence-electron chi connectivity index (χ3n) is 10.5. The summed E-state index contributed by atoms with van der Waals surface area (Å²) in [6.45, 7) is 7.49. The minimum atomic E-state index is -4.68. The van der Waals surface area contributed by atoms with Crippen LogP contribution < -0.4 is 5.32 Å². The van der Waals surface area contributed by atoms with E-state index in [2.05, 4.69) is 15.2 Å². The van der Waals surface area contributed by atoms with Crippen LogP contribution in [0.15, 0.2) is 36.5 Å². The summed E-state index contributed by atoms with van der Waals surface area (Å²) in [7, 11) is 0. The third kappa shape index (κ3) is 7.40. The van der Waals surface area contributed by atoms with Gasteiger partial charge in [0.25, 0.3) is 5.91 Å². The van der Waals surface area contributed by atoms with Crippen molar-refractivity contribution in [2.75, 3.05) is 38.0 Å². The molecule has 3 fully saturated rings. The van der Waals surface area contributed by atoms with Crippen molar-refractivity contribution in [3.63, 3.8) is 0 Å². The number of benzene rings is 1. The van der Waals surface area contributed by atoms with E-state index in [-0.39, 0.29) is 17.4 Å². The van der Waals surface area contributed by atoms with E-state index < -0.39 is 29.5 Å². The van der Waals surface area contributed by atoms with Crippen molar-refractivity contribution in [3.05, 3.63) is 53.5 Å². The average Bonchev–Trinajstić information content (AvgIpc) is 3.45. The second kappa shape index (κ2) is 12.7. The topological polar surface area (TPSA) is 124 Å². The van der Waals surface area contributed by atoms with E-state index in [0.29, 0.717) is 35.5 Å². The fraction of sp³-hybridized carbons (Fsp3) is 0.588. The smallest absolute Gasteiger partial charge is 0.433 e. The molecule has 2 aliphatic heterocycles. The van der Waals surface area contributed by atoms with E-state index in [1.807, 2.05) is 10.9 Å². The Balaban J connectivity index is 1.08. The summed E-state index contributed by atoms with van der Waals surface area (Å²) in [4.78, 5) is 31.9. The van der Waals surface area contributed by atoms with E-state index in [0.717, 1.165) is 62.8 Å². The van der Waals surface area contributed by atoms with Crippen molar-refractivity contribution in [3.8, 4) is 0 Å². The molecular weight excluding hydrogens is 613 g/mol. The molecule has 4 heterocycles. The predicted molar refractivity (Wildman–Crippen MR) is 170 cm³/mol. The van der Waals surface area contributed by atoms with E-state index in [4.69, 9.17) is 5.10 Å². The van der Waals surface area contributed by atoms with Crippen molar-refractivity contribution in [1.29, 1.82) is 0 Å². The zero-order valence-corrected chi connectivity index (χ0v) is 26.9. The Morgan fingerprint density at radius 1 is 1.00 bits per heavy atom. The Kier molecular flexibility index (Phi) is 8.98. The monoisotopic (exact) mass is 656 g/mol. The number of nitrogens with zero attached hydrogens (tertiary/aromatic N) is 5. The number of nitrogens with one attached hydrogen (secondary N) is 1. The van der Waals surface area contributed by atoms with Gasteiger partial charge in [-0.3, -0.25) is 9.48 Å². The molecule has 13 heteroatoms. The van der Waals surface area contributed by atoms with Crippen LogP contribution in [0.4, 0.5) is 23.7 Å². The Bertz CT molecular complexity index is 1610. The number of carbonyl (C=O) groups is 2. The normalized spacial score (nSPS) is 20.2. The number of pyridine rings is 1. The van der Waals surface area contributed by atoms with Crippen molar-refractivity contribution in [2.45, 2.75) is 83.0 Å². The summed E-state index contributed by atoms with van der Waals surface area (Å²) in [6.07, 6.45) is 5.06. The van der Waals surface area contributed by atoms with Crippen LogP contribution in [0.5, 0.6) is 0 Å². The molecule has 254 valence electrons. The number of rotatable bonds is 6. The maximum Gasteiger partial charge on any atom is 0.433 e. The van der Waals surface area contributed by atoms with Gasteiger partial charge in [-0.1, -0.05) is 6.07 Å². The molecule has 47 heavy (non-hydrogen) atoms. The van der Waals surface area contributed by atoms with Crippen LogP contribution in [-0.4, -0.2) is 79.5 Å². The number of aliphatic hydroxyl groups is 1. The highest BCUT2D eigenvalue weighted by atomic mass is 19.4. The largest absolute Gasteiger partial charge is 0.465 e. The van der Waals surface area contributed by atoms with Crippen LogP contribution in [0.25, 0.3) is 10.9 Å². The molecule has 1 aromatic carbocycles. The van der Waals surface area contributed by atoms with E-state index >= 15 is 0 Å². The van der Waals surface area contributed by atoms with Gasteiger partial charge in [-0.05, 0) is 101 Å². The second-order valence-electron chi connectivity index (χ2n) is 14.2. The number of anilines is 1. The van der Waals surface area contributed by atoms with Gasteiger partial charge < -0.3 is 25.3 Å². The number of alkyl halides is 3. The van der Waals surface area contributed by atoms with Crippen LogP contribution in [0.1, 0.15) is 93.0 Å². The lowest BCUT2D eigenvalue weighted by atomic mass is 9.65. The lowest BCUT2D eigenvalue weighted by molar-refractivity contribution is -0.141. The Morgan fingerprint density at radius 3 is 2.30 bits per heavy atom. The number of carboxylic acid groups (broad SMARTS) is 1. The second-order valence-corrected chi connectivity index (χ2v) is 14.2. The fourth-order valence-electron chi connectivity index (χ4n) is 7.67. The van der Waals surface area contributed by atoms with Crippen molar-refractivity contribution < 1.29 is 33.0 Å². The van der Waals surface area contributed by atoms with E-state index in [1.54, 1.807) is 30.9 Å². The number of amides is 2. The van der Waals surface area contributed by atoms with Gasteiger partial charge >= 0.3 is 12.3 Å². The average molecular weight is 657 g/mol. The molecule has 0 atom stereocenters. The fourth-order valence-corrected chi connectivity index (χ4v) is 7.67. The van der Waals surface area contributed by atoms with Gasteiger partial charge in [0, 0.05) is 55.6 Å². The number of hydrogen-bond donors (Lipinski definition) is 3. The Morgan fingerprint density at radius 2 is 1.68 bits per heavy atom. The number of fused-ring (bicyclic) bond motifs is 1. The molecular formula is C34H43F3N6O4. The number of aromatic nitrogens is 3. The number of halogens is 3. The first kappa shape index (κ1) is 33.2. The van der Waals surface area contributed by atoms with Crippen LogP contribution >= 0.6 is 0 Å². The molecule has 3 aromatic rings. The van der Waals surface area contributed by atoms with Gasteiger partial charge in [-0.25, -0.2) is 9.78 Å². The molecule has 1 spiro atoms. The maximum absolute atomic E-state index is 13.2. The lowest BCUT2D eigenvalue weighted by Gasteiger charge is -2.46. The summed E-state index contributed by atoms with van der Waals surface area (Å²) >= 11 is 0. The first-order valence-electron chi connectivity index (χ1n) is 16.5. The maximum atomic E-state index is 13.2. The molecule has 6 rings (SSSR count). The van der Waals surface area contributed by atoms with Gasteiger partial charge in [-0.2, -0.15) is 18.3 Å². The van der Waals surface area contributed by atoms with E-state index in [1.165, 1.54) is 31.7 Å². The number of hydrogen-bond acceptors (Lipinski definition) is 6. The SMILES string of the molecule is CC(C)(O)c1cc2nn(C3CCN(CC4CCC5(CC4)CCN(C(=O)O)CC5)CC3)cc2cc1NC(=O)c1cccc(C(F)(F)F)n1. The van der Waals surface area contributed by atoms with Gasteiger partial charge in [0.1, 0.15) is 11.4 Å². The summed E-state index contributed by atoms with van der Waals surface area (Å²) < 4.78 is 41.5. The molecule has 3 aliphatic rings. The molecule has 2 amide bonds. The first-order valence-corrected chi connectivity index (χ1v) is 16.5. The summed E-state index contributed by atoms with van der Waals surface area (Å²) in [5.41, 5.74) is -1.24. The molecule has 0 bridgehead atoms. The molecule has 2 aromatic heterocycles. The zero-order chi connectivity index (χ0) is 33.6. The summed E-state index contributed by atoms with van der Waals surface area (Å²) in [5, 5.41) is 28.4. The van der Waals surface area contributed by atoms with Gasteiger partial charge in [-0.15, -0.1) is 0 Å². The van der Waals surface area contributed by atoms with Gasteiger partial charge in [0.05, 0.1) is 17.2 Å². The first-order chi connectivity index (χ1) is 22.2. The Labute approximate surface area is 271 Å². The third-order valence-corrected chi connectivity index (χ3v) is 10.5. The lowest BCUT2D eigenvalue weighted by Crippen LogP contribution is -2.45. The zero-order valence-electron chi connectivity index (χ0n) is 26.9. The van der Waals surface area contributed by atoms with Crippen LogP contribution in [-0.2, 0) is 11.8 Å². The Hall–Kier alpha value is -3.71. The highest BCUT2D eigenvalue weighted by Crippen LogP contribution is 2.46. The van der Waals surface area contributed by atoms with Crippen LogP contribution in [0.2, 0.25) is 0 Å². The molecule has 1 aliphatic carbocycles. The van der Waals surface area contributed by atoms with Gasteiger partial charge in [0.15, 0.2) is 0 Å². The number of piperidine rings is 2. The summed E-state index contributed by atoms with van der Waals surface area (Å²) in [5.74, 6) is -0.139. The number of likely N-dealkylation sites (tertiary alicyclic amines) is 2. The highest BCUT2D eigenvalue weighted by Gasteiger charge is 2.39. The van der Waals surface area contributed by atoms with E-state index in [9.17, 15) is 33.0 Å². The standard InChI is InChI=1S/C34H43F3N6O4/c1-32(2,47)25-19-27-23(18-28(25)39-30(44)26-4-3-5-29(38-26)34(35,36)37)21-43(40-27)24-8-14-41(15-9-24)20-22-6-10-33(11-7-22)12-16-42(17-13-33)31(45)46/h3-5,18-19,21-22,24,47H,6-17,20H2,1-2H3,(H,39,44)(H,45,46). The molecule has 10 nitrogen and oxygen atoms in total. The number of carbonyl (C=O) groups excluding carboxylic acids is 1. The summed E-state index contributed by atoms with van der Waals surface area (Å²) in [6, 6.07) is 6.79. The van der Waals surface area contributed by atoms with Crippen molar-refractivity contribution in [2.24, 2.45) is 11.3 Å². The highest BCUT2D eigenvalue weighted by molar-refractivity contribution is 6.04. The molecule has 1 saturated carbocycles. The van der Waals surface area contributed by atoms with Crippen molar-refractivity contribution >= 4 is 28.6 Å². The molecule has 3 N–H and O–H groups in total. The molecule has 0 unspecified atom stereocenters. The molecule has 0 radical (unpaired) electrons. The van der Waals surface area contributed by atoms with Crippen molar-refractivity contribution in [1.82, 2.24) is 24.6 Å². The van der Waals surface area contributed by atoms with Crippen LogP contribution in [0, 0.1) is 11.3 Å². The quantitative estimate of drug-likeness (QED) is 0.276. The minimum absolute atomic E-state index is 0.200. The van der Waals surface area contributed by atoms with Crippen LogP contribution in [0.3, 0.4) is 0 Å². The minimum Gasteiger partial charge on any atom is -0.465 e. The predicted octanol–water partition coefficient (Wildman–Crippen LogP) is 6.52. The molecule has 2 saturated heterocycles.